The SMILES string of the molecule is CSCC[C@@H](NC(=O)c1ccccc1)c1nc2ccccc2n1Cc1ccccc1. The minimum absolute atomic E-state index is 0.0694. The number of carbonyl (C=O) groups excluding carboxylic acids is 1. The fourth-order valence-electron chi connectivity index (χ4n) is 3.62. The predicted octanol–water partition coefficient (Wildman–Crippen LogP) is 5.31. The van der Waals surface area contributed by atoms with Gasteiger partial charge in [-0.1, -0.05) is 60.7 Å². The topological polar surface area (TPSA) is 46.9 Å². The lowest BCUT2D eigenvalue weighted by Crippen LogP contribution is -2.31. The lowest BCUT2D eigenvalue weighted by atomic mass is 10.1. The van der Waals surface area contributed by atoms with Gasteiger partial charge >= 0.3 is 0 Å². The smallest absolute Gasteiger partial charge is 0.251 e. The summed E-state index contributed by atoms with van der Waals surface area (Å²) < 4.78 is 2.24. The number of para-hydroxylation sites is 2. The van der Waals surface area contributed by atoms with Gasteiger partial charge in [0, 0.05) is 12.1 Å². The van der Waals surface area contributed by atoms with Gasteiger partial charge in [-0.2, -0.15) is 11.8 Å². The second-order valence-corrected chi connectivity index (χ2v) is 8.19. The first-order valence-corrected chi connectivity index (χ1v) is 11.5. The lowest BCUT2D eigenvalue weighted by molar-refractivity contribution is 0.0933. The van der Waals surface area contributed by atoms with Crippen molar-refractivity contribution in [2.24, 2.45) is 0 Å². The summed E-state index contributed by atoms with van der Waals surface area (Å²) in [6.07, 6.45) is 2.90. The number of fused-ring (bicyclic) bond motifs is 1. The third kappa shape index (κ3) is 4.57. The normalized spacial score (nSPS) is 12.0. The van der Waals surface area contributed by atoms with Gasteiger partial charge in [-0.25, -0.2) is 4.98 Å². The van der Waals surface area contributed by atoms with Crippen molar-refractivity contribution in [2.75, 3.05) is 12.0 Å². The molecule has 30 heavy (non-hydrogen) atoms. The van der Waals surface area contributed by atoms with Gasteiger partial charge in [-0.15, -0.1) is 0 Å². The Labute approximate surface area is 181 Å². The van der Waals surface area contributed by atoms with Crippen molar-refractivity contribution >= 4 is 28.7 Å². The van der Waals surface area contributed by atoms with Crippen molar-refractivity contribution in [3.05, 3.63) is 102 Å². The van der Waals surface area contributed by atoms with Crippen LogP contribution in [-0.2, 0) is 6.54 Å². The standard InChI is InChI=1S/C25H25N3OS/c1-30-17-16-22(27-25(29)20-12-6-3-7-13-20)24-26-21-14-8-9-15-23(21)28(24)18-19-10-4-2-5-11-19/h2-15,22H,16-18H2,1H3,(H,27,29)/t22-/m1/s1. The summed E-state index contributed by atoms with van der Waals surface area (Å²) in [6.45, 7) is 0.716. The maximum Gasteiger partial charge on any atom is 0.251 e. The fraction of sp³-hybridized carbons (Fsp3) is 0.200. The molecule has 1 heterocycles. The Morgan fingerprint density at radius 3 is 2.37 bits per heavy atom. The highest BCUT2D eigenvalue weighted by atomic mass is 32.2. The van der Waals surface area contributed by atoms with Crippen LogP contribution in [-0.4, -0.2) is 27.5 Å². The molecule has 0 saturated heterocycles. The molecule has 1 amide bonds. The summed E-state index contributed by atoms with van der Waals surface area (Å²) in [5.74, 6) is 1.77. The molecule has 0 spiro atoms. The van der Waals surface area contributed by atoms with Crippen LogP contribution in [0.5, 0.6) is 0 Å². The number of nitrogens with zero attached hydrogens (tertiary/aromatic N) is 2. The molecular formula is C25H25N3OS. The molecule has 1 N–H and O–H groups in total. The molecule has 4 rings (SSSR count). The van der Waals surface area contributed by atoms with E-state index in [1.165, 1.54) is 5.56 Å². The number of thioether (sulfide) groups is 1. The first-order chi connectivity index (χ1) is 14.8. The highest BCUT2D eigenvalue weighted by Gasteiger charge is 2.22. The minimum Gasteiger partial charge on any atom is -0.342 e. The number of imidazole rings is 1. The van der Waals surface area contributed by atoms with Crippen LogP contribution in [0.4, 0.5) is 0 Å². The third-order valence-electron chi connectivity index (χ3n) is 5.13. The van der Waals surface area contributed by atoms with Crippen LogP contribution in [0.3, 0.4) is 0 Å². The van der Waals surface area contributed by atoms with Crippen molar-refractivity contribution < 1.29 is 4.79 Å². The Hall–Kier alpha value is -3.05. The van der Waals surface area contributed by atoms with Crippen LogP contribution in [0, 0.1) is 0 Å². The summed E-state index contributed by atoms with van der Waals surface area (Å²) in [7, 11) is 0. The van der Waals surface area contributed by atoms with Crippen LogP contribution in [0.25, 0.3) is 11.0 Å². The van der Waals surface area contributed by atoms with E-state index in [9.17, 15) is 4.79 Å². The zero-order valence-corrected chi connectivity index (χ0v) is 17.8. The van der Waals surface area contributed by atoms with Gasteiger partial charge in [0.15, 0.2) is 0 Å². The van der Waals surface area contributed by atoms with Gasteiger partial charge < -0.3 is 9.88 Å². The summed E-state index contributed by atoms with van der Waals surface area (Å²) in [6, 6.07) is 27.8. The number of hydrogen-bond acceptors (Lipinski definition) is 3. The zero-order valence-electron chi connectivity index (χ0n) is 17.0. The Bertz CT molecular complexity index is 1110. The fourth-order valence-corrected chi connectivity index (χ4v) is 4.10. The highest BCUT2D eigenvalue weighted by Crippen LogP contribution is 2.25. The van der Waals surface area contributed by atoms with E-state index in [1.807, 2.05) is 54.6 Å². The molecule has 0 fully saturated rings. The number of rotatable bonds is 8. The van der Waals surface area contributed by atoms with E-state index in [1.54, 1.807) is 11.8 Å². The van der Waals surface area contributed by atoms with E-state index >= 15 is 0 Å². The molecule has 4 aromatic rings. The zero-order chi connectivity index (χ0) is 20.8. The third-order valence-corrected chi connectivity index (χ3v) is 5.78. The van der Waals surface area contributed by atoms with Gasteiger partial charge in [0.05, 0.1) is 17.1 Å². The summed E-state index contributed by atoms with van der Waals surface area (Å²) in [5, 5.41) is 3.24. The molecular weight excluding hydrogens is 390 g/mol. The number of benzene rings is 3. The molecule has 5 heteroatoms. The average Bonchev–Trinajstić information content (AvgIpc) is 3.16. The maximum atomic E-state index is 12.9. The molecule has 152 valence electrons. The molecule has 0 radical (unpaired) electrons. The van der Waals surface area contributed by atoms with Gasteiger partial charge in [0.1, 0.15) is 5.82 Å². The first kappa shape index (κ1) is 20.2. The van der Waals surface area contributed by atoms with E-state index in [-0.39, 0.29) is 11.9 Å². The Balaban J connectivity index is 1.73. The molecule has 3 aromatic carbocycles. The highest BCUT2D eigenvalue weighted by molar-refractivity contribution is 7.98. The van der Waals surface area contributed by atoms with E-state index in [2.05, 4.69) is 46.5 Å². The van der Waals surface area contributed by atoms with Crippen molar-refractivity contribution in [3.63, 3.8) is 0 Å². The number of carbonyl (C=O) groups is 1. The summed E-state index contributed by atoms with van der Waals surface area (Å²) >= 11 is 1.78. The summed E-state index contributed by atoms with van der Waals surface area (Å²) in [5.41, 5.74) is 3.91. The molecule has 0 unspecified atom stereocenters. The largest absolute Gasteiger partial charge is 0.342 e. The van der Waals surface area contributed by atoms with Crippen molar-refractivity contribution in [1.29, 1.82) is 0 Å². The van der Waals surface area contributed by atoms with Crippen molar-refractivity contribution in [2.45, 2.75) is 19.0 Å². The number of hydrogen-bond donors (Lipinski definition) is 1. The number of nitrogens with one attached hydrogen (secondary N) is 1. The second kappa shape index (κ2) is 9.63. The number of aromatic nitrogens is 2. The minimum atomic E-state index is -0.165. The lowest BCUT2D eigenvalue weighted by Gasteiger charge is -2.20. The van der Waals surface area contributed by atoms with E-state index < -0.39 is 0 Å². The monoisotopic (exact) mass is 415 g/mol. The molecule has 0 aliphatic carbocycles. The van der Waals surface area contributed by atoms with Crippen LogP contribution >= 0.6 is 11.8 Å². The second-order valence-electron chi connectivity index (χ2n) is 7.20. The van der Waals surface area contributed by atoms with Gasteiger partial charge in [-0.3, -0.25) is 4.79 Å². The quantitative estimate of drug-likeness (QED) is 0.424. The Morgan fingerprint density at radius 1 is 0.967 bits per heavy atom. The molecule has 1 aromatic heterocycles. The first-order valence-electron chi connectivity index (χ1n) is 10.1. The van der Waals surface area contributed by atoms with Crippen LogP contribution in [0.15, 0.2) is 84.9 Å². The van der Waals surface area contributed by atoms with Crippen LogP contribution in [0.2, 0.25) is 0 Å². The van der Waals surface area contributed by atoms with Crippen LogP contribution < -0.4 is 5.32 Å². The van der Waals surface area contributed by atoms with Crippen molar-refractivity contribution in [1.82, 2.24) is 14.9 Å². The van der Waals surface area contributed by atoms with Crippen molar-refractivity contribution in [3.8, 4) is 0 Å². The maximum absolute atomic E-state index is 12.9. The van der Waals surface area contributed by atoms with Gasteiger partial charge in [-0.05, 0) is 48.3 Å². The summed E-state index contributed by atoms with van der Waals surface area (Å²) in [4.78, 5) is 17.9. The van der Waals surface area contributed by atoms with Crippen LogP contribution in [0.1, 0.15) is 34.2 Å². The van der Waals surface area contributed by atoms with E-state index in [4.69, 9.17) is 4.98 Å². The molecule has 0 aliphatic rings. The Morgan fingerprint density at radius 2 is 1.63 bits per heavy atom. The average molecular weight is 416 g/mol. The van der Waals surface area contributed by atoms with E-state index in [0.717, 1.165) is 29.0 Å². The van der Waals surface area contributed by atoms with E-state index in [0.29, 0.717) is 12.1 Å². The molecule has 0 saturated carbocycles. The predicted molar refractivity (Wildman–Crippen MR) is 125 cm³/mol. The Kier molecular flexibility index (Phi) is 6.50. The molecule has 0 aliphatic heterocycles. The van der Waals surface area contributed by atoms with Gasteiger partial charge in [0.25, 0.3) is 5.91 Å². The molecule has 1 atom stereocenters. The molecule has 0 bridgehead atoms. The molecule has 4 nitrogen and oxygen atoms in total. The van der Waals surface area contributed by atoms with Gasteiger partial charge in [0.2, 0.25) is 0 Å². The number of amides is 1.